The van der Waals surface area contributed by atoms with Gasteiger partial charge in [-0.15, -0.1) is 11.3 Å². The van der Waals surface area contributed by atoms with Crippen LogP contribution in [0.3, 0.4) is 0 Å². The molecule has 0 radical (unpaired) electrons. The van der Waals surface area contributed by atoms with Gasteiger partial charge in [0.05, 0.1) is 24.5 Å². The number of aromatic nitrogens is 2. The zero-order valence-electron chi connectivity index (χ0n) is 17.7. The molecule has 0 unspecified atom stereocenters. The van der Waals surface area contributed by atoms with Crippen molar-refractivity contribution < 1.29 is 9.53 Å². The number of benzene rings is 1. The van der Waals surface area contributed by atoms with Gasteiger partial charge in [-0.1, -0.05) is 12.1 Å². The van der Waals surface area contributed by atoms with Gasteiger partial charge in [0.15, 0.2) is 0 Å². The lowest BCUT2D eigenvalue weighted by Crippen LogP contribution is -2.50. The van der Waals surface area contributed by atoms with Gasteiger partial charge >= 0.3 is 0 Å². The van der Waals surface area contributed by atoms with E-state index in [4.69, 9.17) is 4.74 Å². The van der Waals surface area contributed by atoms with E-state index in [1.807, 2.05) is 29.2 Å². The van der Waals surface area contributed by atoms with Crippen LogP contribution in [0.4, 0.5) is 5.69 Å². The quantitative estimate of drug-likeness (QED) is 0.627. The second-order valence-corrected chi connectivity index (χ2v) is 9.19. The van der Waals surface area contributed by atoms with E-state index < -0.39 is 0 Å². The molecule has 2 aliphatic rings. The number of methoxy groups -OCH3 is 1. The van der Waals surface area contributed by atoms with Gasteiger partial charge in [-0.2, -0.15) is 0 Å². The molecular formula is C23H26N4O3S. The van der Waals surface area contributed by atoms with E-state index in [0.29, 0.717) is 13.1 Å². The predicted molar refractivity (Wildman–Crippen MR) is 122 cm³/mol. The highest BCUT2D eigenvalue weighted by atomic mass is 32.1. The molecule has 1 fully saturated rings. The fourth-order valence-electron chi connectivity index (χ4n) is 4.63. The van der Waals surface area contributed by atoms with E-state index in [0.717, 1.165) is 59.6 Å². The number of nitrogens with zero attached hydrogens (tertiary/aromatic N) is 4. The molecule has 1 amide bonds. The summed E-state index contributed by atoms with van der Waals surface area (Å²) < 4.78 is 6.95. The molecule has 8 heteroatoms. The molecule has 2 aromatic heterocycles. The Labute approximate surface area is 184 Å². The van der Waals surface area contributed by atoms with Gasteiger partial charge < -0.3 is 14.5 Å². The molecule has 5 rings (SSSR count). The Bertz CT molecular complexity index is 1180. The van der Waals surface area contributed by atoms with Crippen LogP contribution in [0.2, 0.25) is 0 Å². The highest BCUT2D eigenvalue weighted by Gasteiger charge is 2.25. The van der Waals surface area contributed by atoms with Crippen LogP contribution in [0.25, 0.3) is 10.2 Å². The number of aryl methyl sites for hydroxylation is 2. The normalized spacial score (nSPS) is 16.4. The number of carbonyl (C=O) groups is 1. The molecule has 162 valence electrons. The number of hydrogen-bond donors (Lipinski definition) is 0. The third-order valence-electron chi connectivity index (χ3n) is 6.31. The SMILES string of the molecule is COc1ccccc1N1CCN(C(=O)Cn2cnc3sc4c(c3c2=O)CCCC4)CC1. The van der Waals surface area contributed by atoms with Crippen LogP contribution in [0.15, 0.2) is 35.4 Å². The molecule has 7 nitrogen and oxygen atoms in total. The molecule has 3 heterocycles. The van der Waals surface area contributed by atoms with Crippen molar-refractivity contribution in [3.8, 4) is 5.75 Å². The van der Waals surface area contributed by atoms with Crippen LogP contribution in [-0.4, -0.2) is 53.6 Å². The molecule has 31 heavy (non-hydrogen) atoms. The summed E-state index contributed by atoms with van der Waals surface area (Å²) in [4.78, 5) is 36.8. The average molecular weight is 439 g/mol. The second-order valence-electron chi connectivity index (χ2n) is 8.11. The van der Waals surface area contributed by atoms with Crippen molar-refractivity contribution in [3.63, 3.8) is 0 Å². The van der Waals surface area contributed by atoms with Gasteiger partial charge in [-0.05, 0) is 43.4 Å². The topological polar surface area (TPSA) is 67.7 Å². The van der Waals surface area contributed by atoms with Crippen LogP contribution in [0.5, 0.6) is 5.75 Å². The van der Waals surface area contributed by atoms with Gasteiger partial charge in [-0.3, -0.25) is 14.2 Å². The van der Waals surface area contributed by atoms with Gasteiger partial charge in [0.25, 0.3) is 5.56 Å². The van der Waals surface area contributed by atoms with Crippen molar-refractivity contribution in [3.05, 3.63) is 51.4 Å². The number of thiophene rings is 1. The van der Waals surface area contributed by atoms with E-state index in [1.54, 1.807) is 18.4 Å². The number of amides is 1. The lowest BCUT2D eigenvalue weighted by atomic mass is 9.97. The zero-order chi connectivity index (χ0) is 21.4. The molecule has 0 atom stereocenters. The first-order valence-corrected chi connectivity index (χ1v) is 11.6. The number of ether oxygens (including phenoxy) is 1. The molecular weight excluding hydrogens is 412 g/mol. The third-order valence-corrected chi connectivity index (χ3v) is 7.51. The number of rotatable bonds is 4. The van der Waals surface area contributed by atoms with Gasteiger partial charge in [0.1, 0.15) is 17.1 Å². The Balaban J connectivity index is 1.29. The smallest absolute Gasteiger partial charge is 0.262 e. The lowest BCUT2D eigenvalue weighted by Gasteiger charge is -2.36. The largest absolute Gasteiger partial charge is 0.495 e. The Kier molecular flexibility index (Phi) is 5.40. The van der Waals surface area contributed by atoms with E-state index in [2.05, 4.69) is 9.88 Å². The molecule has 1 aromatic carbocycles. The minimum Gasteiger partial charge on any atom is -0.495 e. The first-order chi connectivity index (χ1) is 15.2. The summed E-state index contributed by atoms with van der Waals surface area (Å²) in [5.41, 5.74) is 2.13. The highest BCUT2D eigenvalue weighted by Crippen LogP contribution is 2.33. The van der Waals surface area contributed by atoms with Crippen molar-refractivity contribution >= 4 is 33.1 Å². The first-order valence-electron chi connectivity index (χ1n) is 10.8. The Morgan fingerprint density at radius 1 is 1.13 bits per heavy atom. The van der Waals surface area contributed by atoms with E-state index >= 15 is 0 Å². The molecule has 1 aliphatic heterocycles. The lowest BCUT2D eigenvalue weighted by molar-refractivity contribution is -0.132. The van der Waals surface area contributed by atoms with Crippen LogP contribution < -0.4 is 15.2 Å². The van der Waals surface area contributed by atoms with Crippen molar-refractivity contribution in [2.45, 2.75) is 32.2 Å². The third kappa shape index (κ3) is 3.69. The molecule has 1 aliphatic carbocycles. The summed E-state index contributed by atoms with van der Waals surface area (Å²) in [6, 6.07) is 7.94. The Morgan fingerprint density at radius 2 is 1.90 bits per heavy atom. The predicted octanol–water partition coefficient (Wildman–Crippen LogP) is 2.69. The van der Waals surface area contributed by atoms with Gasteiger partial charge in [-0.25, -0.2) is 4.98 Å². The number of carbonyl (C=O) groups excluding carboxylic acids is 1. The van der Waals surface area contributed by atoms with Crippen molar-refractivity contribution in [1.82, 2.24) is 14.5 Å². The number of hydrogen-bond acceptors (Lipinski definition) is 6. The number of fused-ring (bicyclic) bond motifs is 3. The van der Waals surface area contributed by atoms with E-state index in [9.17, 15) is 9.59 Å². The molecule has 0 bridgehead atoms. The summed E-state index contributed by atoms with van der Waals surface area (Å²) in [6.45, 7) is 2.75. The van der Waals surface area contributed by atoms with Crippen molar-refractivity contribution in [2.75, 3.05) is 38.2 Å². The molecule has 0 spiro atoms. The molecule has 3 aromatic rings. The van der Waals surface area contributed by atoms with Crippen LogP contribution in [0.1, 0.15) is 23.3 Å². The maximum atomic E-state index is 13.1. The summed E-state index contributed by atoms with van der Waals surface area (Å²) in [5.74, 6) is 0.805. The van der Waals surface area contributed by atoms with E-state index in [-0.39, 0.29) is 18.0 Å². The summed E-state index contributed by atoms with van der Waals surface area (Å²) in [7, 11) is 1.67. The summed E-state index contributed by atoms with van der Waals surface area (Å²) in [6.07, 6.45) is 5.80. The number of piperazine rings is 1. The minimum absolute atomic E-state index is 0.0352. The highest BCUT2D eigenvalue weighted by molar-refractivity contribution is 7.18. The number of para-hydroxylation sites is 2. The fraction of sp³-hybridized carbons (Fsp3) is 0.435. The first kappa shape index (κ1) is 20.1. The maximum absolute atomic E-state index is 13.1. The van der Waals surface area contributed by atoms with Crippen LogP contribution in [-0.2, 0) is 24.2 Å². The minimum atomic E-state index is -0.0783. The molecule has 0 N–H and O–H groups in total. The van der Waals surface area contributed by atoms with E-state index in [1.165, 1.54) is 22.2 Å². The van der Waals surface area contributed by atoms with Crippen molar-refractivity contribution in [2.24, 2.45) is 0 Å². The van der Waals surface area contributed by atoms with Crippen LogP contribution in [0, 0.1) is 0 Å². The Hall–Kier alpha value is -2.87. The monoisotopic (exact) mass is 438 g/mol. The summed E-state index contributed by atoms with van der Waals surface area (Å²) >= 11 is 1.64. The van der Waals surface area contributed by atoms with Gasteiger partial charge in [0.2, 0.25) is 5.91 Å². The maximum Gasteiger partial charge on any atom is 0.262 e. The van der Waals surface area contributed by atoms with Gasteiger partial charge in [0, 0.05) is 31.1 Å². The number of anilines is 1. The average Bonchev–Trinajstić information content (AvgIpc) is 3.20. The summed E-state index contributed by atoms with van der Waals surface area (Å²) in [5, 5.41) is 0.732. The Morgan fingerprint density at radius 3 is 2.71 bits per heavy atom. The van der Waals surface area contributed by atoms with Crippen molar-refractivity contribution in [1.29, 1.82) is 0 Å². The fourth-order valence-corrected chi connectivity index (χ4v) is 5.85. The molecule has 1 saturated heterocycles. The molecule has 0 saturated carbocycles. The standard InChI is InChI=1S/C23H26N4O3S/c1-30-18-8-4-3-7-17(18)25-10-12-26(13-11-25)20(28)14-27-15-24-22-21(23(27)29)16-6-2-5-9-19(16)31-22/h3-4,7-8,15H,2,5-6,9-14H2,1H3. The van der Waals surface area contributed by atoms with Crippen LogP contribution >= 0.6 is 11.3 Å². The second kappa shape index (κ2) is 8.34. The zero-order valence-corrected chi connectivity index (χ0v) is 18.5.